The first-order chi connectivity index (χ1) is 17.8. The minimum Gasteiger partial charge on any atom is -0.504 e. The molecule has 37 heavy (non-hydrogen) atoms. The number of nitrogens with one attached hydrogen (secondary N) is 1. The van der Waals surface area contributed by atoms with Crippen LogP contribution in [0.2, 0.25) is 0 Å². The molecule has 2 aliphatic rings. The highest BCUT2D eigenvalue weighted by molar-refractivity contribution is 6.04. The van der Waals surface area contributed by atoms with Crippen molar-refractivity contribution in [2.24, 2.45) is 0 Å². The summed E-state index contributed by atoms with van der Waals surface area (Å²) in [7, 11) is 4.63. The van der Waals surface area contributed by atoms with E-state index in [4.69, 9.17) is 18.9 Å². The van der Waals surface area contributed by atoms with Gasteiger partial charge in [-0.15, -0.1) is 0 Å². The predicted octanol–water partition coefficient (Wildman–Crippen LogP) is 4.73. The third-order valence-electron chi connectivity index (χ3n) is 6.90. The summed E-state index contributed by atoms with van der Waals surface area (Å²) >= 11 is 0. The van der Waals surface area contributed by atoms with Gasteiger partial charge < -0.3 is 29.4 Å². The van der Waals surface area contributed by atoms with Crippen molar-refractivity contribution in [1.82, 2.24) is 5.32 Å². The highest BCUT2D eigenvalue weighted by Crippen LogP contribution is 2.47. The van der Waals surface area contributed by atoms with E-state index >= 15 is 0 Å². The Bertz CT molecular complexity index is 1280. The van der Waals surface area contributed by atoms with Crippen LogP contribution in [-0.2, 0) is 14.3 Å². The monoisotopic (exact) mass is 507 g/mol. The van der Waals surface area contributed by atoms with E-state index in [1.807, 2.05) is 32.0 Å². The minimum atomic E-state index is -0.644. The average Bonchev–Trinajstić information content (AvgIpc) is 2.90. The van der Waals surface area contributed by atoms with Gasteiger partial charge in [-0.25, -0.2) is 4.79 Å². The molecule has 0 radical (unpaired) electrons. The maximum absolute atomic E-state index is 13.8. The van der Waals surface area contributed by atoms with Crippen LogP contribution in [0.3, 0.4) is 0 Å². The summed E-state index contributed by atoms with van der Waals surface area (Å²) < 4.78 is 21.7. The molecule has 0 bridgehead atoms. The van der Waals surface area contributed by atoms with E-state index in [2.05, 4.69) is 5.32 Å². The van der Waals surface area contributed by atoms with E-state index in [1.165, 1.54) is 13.2 Å². The SMILES string of the molecule is CCCOC(=O)C1=C(C)NC2=C(C(=O)CC(c3ccc(OC)c(OC)c3)C2)C1c1ccc(O)c(OC)c1. The van der Waals surface area contributed by atoms with Crippen molar-refractivity contribution in [3.05, 3.63) is 70.1 Å². The molecule has 8 heteroatoms. The number of phenols is 1. The van der Waals surface area contributed by atoms with Crippen LogP contribution >= 0.6 is 0 Å². The Labute approximate surface area is 216 Å². The number of benzene rings is 2. The fraction of sp³-hybridized carbons (Fsp3) is 0.379. The maximum atomic E-state index is 13.8. The number of ether oxygens (including phenoxy) is 4. The molecule has 4 rings (SSSR count). The number of methoxy groups -OCH3 is 3. The second-order valence-corrected chi connectivity index (χ2v) is 9.20. The van der Waals surface area contributed by atoms with Crippen molar-refractivity contribution in [2.75, 3.05) is 27.9 Å². The Morgan fingerprint density at radius 3 is 2.32 bits per heavy atom. The molecule has 0 spiro atoms. The van der Waals surface area contributed by atoms with E-state index in [-0.39, 0.29) is 36.2 Å². The molecule has 1 heterocycles. The van der Waals surface area contributed by atoms with Crippen molar-refractivity contribution in [2.45, 2.75) is 44.9 Å². The largest absolute Gasteiger partial charge is 0.504 e. The molecular weight excluding hydrogens is 474 g/mol. The number of esters is 1. The number of phenolic OH excluding ortho intramolecular Hbond substituents is 1. The molecule has 196 valence electrons. The lowest BCUT2D eigenvalue weighted by atomic mass is 9.71. The van der Waals surface area contributed by atoms with E-state index < -0.39 is 11.9 Å². The number of hydrogen-bond donors (Lipinski definition) is 2. The zero-order valence-electron chi connectivity index (χ0n) is 21.8. The summed E-state index contributed by atoms with van der Waals surface area (Å²) in [5.74, 6) is 0.236. The van der Waals surface area contributed by atoms with Crippen LogP contribution < -0.4 is 19.5 Å². The highest BCUT2D eigenvalue weighted by Gasteiger charge is 2.41. The van der Waals surface area contributed by atoms with Gasteiger partial charge in [0.15, 0.2) is 28.8 Å². The summed E-state index contributed by atoms with van der Waals surface area (Å²) in [6.45, 7) is 4.03. The second-order valence-electron chi connectivity index (χ2n) is 9.20. The van der Waals surface area contributed by atoms with Gasteiger partial charge >= 0.3 is 5.97 Å². The summed E-state index contributed by atoms with van der Waals surface area (Å²) in [6.07, 6.45) is 1.54. The standard InChI is InChI=1S/C29H33NO7/c1-6-11-37-29(33)26-16(2)30-20-12-19(17-8-10-23(34-3)25(14-17)36-5)13-22(32)28(20)27(26)18-7-9-21(31)24(15-18)35-4/h7-10,14-15,19,27,30-31H,6,11-13H2,1-5H3. The van der Waals surface area contributed by atoms with Crippen LogP contribution in [0.1, 0.15) is 56.1 Å². The van der Waals surface area contributed by atoms with Crippen molar-refractivity contribution < 1.29 is 33.6 Å². The fourth-order valence-electron chi connectivity index (χ4n) is 5.13. The molecule has 2 atom stereocenters. The number of aromatic hydroxyl groups is 1. The minimum absolute atomic E-state index is 0.0197. The van der Waals surface area contributed by atoms with Crippen LogP contribution in [-0.4, -0.2) is 44.8 Å². The van der Waals surface area contributed by atoms with Gasteiger partial charge in [0.25, 0.3) is 0 Å². The molecule has 1 aliphatic carbocycles. The number of dihydropyridines is 1. The molecule has 2 aromatic rings. The van der Waals surface area contributed by atoms with E-state index in [9.17, 15) is 14.7 Å². The molecule has 0 fully saturated rings. The van der Waals surface area contributed by atoms with Gasteiger partial charge in [-0.1, -0.05) is 19.1 Å². The maximum Gasteiger partial charge on any atom is 0.336 e. The van der Waals surface area contributed by atoms with Gasteiger partial charge in [-0.05, 0) is 61.1 Å². The summed E-state index contributed by atoms with van der Waals surface area (Å²) in [4.78, 5) is 27.0. The Morgan fingerprint density at radius 1 is 0.973 bits per heavy atom. The molecule has 1 aliphatic heterocycles. The van der Waals surface area contributed by atoms with E-state index in [1.54, 1.807) is 26.4 Å². The Morgan fingerprint density at radius 2 is 1.65 bits per heavy atom. The van der Waals surface area contributed by atoms with Crippen LogP contribution in [0.25, 0.3) is 0 Å². The first-order valence-corrected chi connectivity index (χ1v) is 12.3. The van der Waals surface area contributed by atoms with Crippen molar-refractivity contribution in [3.8, 4) is 23.0 Å². The van der Waals surface area contributed by atoms with Gasteiger partial charge in [0, 0.05) is 29.3 Å². The number of ketones is 1. The van der Waals surface area contributed by atoms with Crippen LogP contribution in [0, 0.1) is 0 Å². The molecule has 0 amide bonds. The van der Waals surface area contributed by atoms with Crippen molar-refractivity contribution >= 4 is 11.8 Å². The zero-order valence-corrected chi connectivity index (χ0v) is 21.8. The quantitative estimate of drug-likeness (QED) is 0.494. The number of hydrogen-bond acceptors (Lipinski definition) is 8. The van der Waals surface area contributed by atoms with E-state index in [0.717, 1.165) is 11.3 Å². The topological polar surface area (TPSA) is 103 Å². The average molecular weight is 508 g/mol. The molecule has 8 nitrogen and oxygen atoms in total. The fourth-order valence-corrected chi connectivity index (χ4v) is 5.13. The molecule has 0 saturated heterocycles. The van der Waals surface area contributed by atoms with Gasteiger partial charge in [-0.3, -0.25) is 4.79 Å². The Balaban J connectivity index is 1.79. The zero-order chi connectivity index (χ0) is 26.7. The number of Topliss-reactive ketones (excluding diaryl/α,β-unsaturated/α-hetero) is 1. The van der Waals surface area contributed by atoms with Gasteiger partial charge in [0.05, 0.1) is 33.5 Å². The number of rotatable bonds is 8. The first kappa shape index (κ1) is 26.1. The highest BCUT2D eigenvalue weighted by atomic mass is 16.5. The first-order valence-electron chi connectivity index (χ1n) is 12.3. The van der Waals surface area contributed by atoms with E-state index in [0.29, 0.717) is 46.7 Å². The third-order valence-corrected chi connectivity index (χ3v) is 6.90. The summed E-state index contributed by atoms with van der Waals surface area (Å²) in [5.41, 5.74) is 3.98. The summed E-state index contributed by atoms with van der Waals surface area (Å²) in [6, 6.07) is 10.6. The van der Waals surface area contributed by atoms with Gasteiger partial charge in [0.1, 0.15) is 0 Å². The molecule has 2 aromatic carbocycles. The molecule has 0 saturated carbocycles. The van der Waals surface area contributed by atoms with Crippen LogP contribution in [0.4, 0.5) is 0 Å². The van der Waals surface area contributed by atoms with Crippen molar-refractivity contribution in [1.29, 1.82) is 0 Å². The summed E-state index contributed by atoms with van der Waals surface area (Å²) in [5, 5.41) is 13.5. The van der Waals surface area contributed by atoms with Crippen molar-refractivity contribution in [3.63, 3.8) is 0 Å². The van der Waals surface area contributed by atoms with Gasteiger partial charge in [0.2, 0.25) is 0 Å². The smallest absolute Gasteiger partial charge is 0.336 e. The molecule has 0 aromatic heterocycles. The molecule has 2 N–H and O–H groups in total. The molecule has 2 unspecified atom stereocenters. The lowest BCUT2D eigenvalue weighted by Gasteiger charge is -2.37. The molecular formula is C29H33NO7. The predicted molar refractivity (Wildman–Crippen MR) is 138 cm³/mol. The number of carbonyl (C=O) groups excluding carboxylic acids is 2. The third kappa shape index (κ3) is 5.01. The number of allylic oxidation sites excluding steroid dienone is 3. The lowest BCUT2D eigenvalue weighted by molar-refractivity contribution is -0.139. The van der Waals surface area contributed by atoms with Gasteiger partial charge in [-0.2, -0.15) is 0 Å². The Kier molecular flexibility index (Phi) is 7.76. The second kappa shape index (κ2) is 11.0. The normalized spacial score (nSPS) is 19.2. The lowest BCUT2D eigenvalue weighted by Crippen LogP contribution is -2.36. The van der Waals surface area contributed by atoms with Crippen LogP contribution in [0.15, 0.2) is 58.9 Å². The number of carbonyl (C=O) groups is 2. The Hall–Kier alpha value is -3.94. The van der Waals surface area contributed by atoms with Crippen LogP contribution in [0.5, 0.6) is 23.0 Å².